The highest BCUT2D eigenvalue weighted by atomic mass is 35.5. The minimum Gasteiger partial charge on any atom is -0.493 e. The van der Waals surface area contributed by atoms with Gasteiger partial charge < -0.3 is 19.9 Å². The third-order valence-electron chi connectivity index (χ3n) is 4.56. The Morgan fingerprint density at radius 1 is 1.29 bits per heavy atom. The number of carbonyl (C=O) groups is 1. The van der Waals surface area contributed by atoms with Gasteiger partial charge in [0.15, 0.2) is 17.3 Å². The molecule has 0 aliphatic heterocycles. The van der Waals surface area contributed by atoms with Crippen molar-refractivity contribution < 1.29 is 19.4 Å². The molecule has 0 saturated carbocycles. The van der Waals surface area contributed by atoms with E-state index in [1.807, 2.05) is 12.1 Å². The summed E-state index contributed by atoms with van der Waals surface area (Å²) in [6.45, 7) is 0.0444. The van der Waals surface area contributed by atoms with Crippen LogP contribution in [0.4, 0.5) is 11.6 Å². The number of aliphatic carboxylic acids is 1. The number of halogens is 1. The maximum Gasteiger partial charge on any atom is 0.306 e. The number of hydrogen-bond donors (Lipinski definition) is 3. The van der Waals surface area contributed by atoms with Crippen LogP contribution in [0.25, 0.3) is 22.3 Å². The number of nitrogens with one attached hydrogen (secondary N) is 2. The van der Waals surface area contributed by atoms with Gasteiger partial charge in [0.2, 0.25) is 5.95 Å². The number of fused-ring (bicyclic) bond motifs is 1. The summed E-state index contributed by atoms with van der Waals surface area (Å²) < 4.78 is 12.5. The number of carboxylic acids is 1. The van der Waals surface area contributed by atoms with Gasteiger partial charge in [0.1, 0.15) is 0 Å². The molecule has 0 radical (unpaired) electrons. The lowest BCUT2D eigenvalue weighted by molar-refractivity contribution is -0.137. The molecular weight excluding hydrogens is 424 g/mol. The van der Waals surface area contributed by atoms with Crippen molar-refractivity contribution in [3.8, 4) is 22.9 Å². The predicted molar refractivity (Wildman–Crippen MR) is 115 cm³/mol. The molecule has 0 bridgehead atoms. The van der Waals surface area contributed by atoms with Crippen molar-refractivity contribution in [3.05, 3.63) is 41.6 Å². The molecule has 0 saturated heterocycles. The molecule has 160 valence electrons. The van der Waals surface area contributed by atoms with Crippen molar-refractivity contribution in [3.63, 3.8) is 0 Å². The third-order valence-corrected chi connectivity index (χ3v) is 4.97. The lowest BCUT2D eigenvalue weighted by Gasteiger charge is -2.10. The Morgan fingerprint density at radius 3 is 2.90 bits per heavy atom. The van der Waals surface area contributed by atoms with Crippen molar-refractivity contribution in [1.29, 1.82) is 0 Å². The van der Waals surface area contributed by atoms with Crippen molar-refractivity contribution in [2.75, 3.05) is 19.0 Å². The fourth-order valence-electron chi connectivity index (χ4n) is 2.99. The molecule has 0 aliphatic carbocycles. The molecule has 0 amide bonds. The number of nitrogens with zero attached hydrogens (tertiary/aromatic N) is 4. The van der Waals surface area contributed by atoms with Gasteiger partial charge in [0.05, 0.1) is 42.6 Å². The highest BCUT2D eigenvalue weighted by Gasteiger charge is 2.15. The number of aromatic nitrogens is 5. The van der Waals surface area contributed by atoms with Gasteiger partial charge in [-0.3, -0.25) is 9.89 Å². The quantitative estimate of drug-likeness (QED) is 0.377. The Hall–Kier alpha value is -3.79. The first kappa shape index (κ1) is 20.5. The standard InChI is InChI=1S/C20H19ClN6O4/c1-27-20(23-14-5-4-13-12(18(14)21)10-22-25-13)24-19(26-27)11-3-6-15(16(9-11)30-2)31-8-7-17(28)29/h3-6,9-10H,7-8H2,1-2H3,(H,22,25)(H,28,29)(H,23,24,26). The van der Waals surface area contributed by atoms with Gasteiger partial charge >= 0.3 is 5.97 Å². The van der Waals surface area contributed by atoms with Gasteiger partial charge in [-0.05, 0) is 30.3 Å². The maximum atomic E-state index is 10.7. The summed E-state index contributed by atoms with van der Waals surface area (Å²) in [5, 5.41) is 24.6. The number of ether oxygens (including phenoxy) is 2. The Kier molecular flexibility index (Phi) is 5.63. The molecule has 0 spiro atoms. The van der Waals surface area contributed by atoms with E-state index in [2.05, 4.69) is 25.6 Å². The predicted octanol–water partition coefficient (Wildman–Crippen LogP) is 3.62. The molecule has 2 aromatic heterocycles. The van der Waals surface area contributed by atoms with E-state index in [1.54, 1.807) is 36.1 Å². The van der Waals surface area contributed by atoms with Crippen molar-refractivity contribution in [2.24, 2.45) is 7.05 Å². The smallest absolute Gasteiger partial charge is 0.306 e. The Morgan fingerprint density at radius 2 is 2.13 bits per heavy atom. The number of benzene rings is 2. The topological polar surface area (TPSA) is 127 Å². The zero-order valence-corrected chi connectivity index (χ0v) is 17.5. The molecule has 4 aromatic rings. The zero-order chi connectivity index (χ0) is 22.0. The lowest BCUT2D eigenvalue weighted by Crippen LogP contribution is -2.05. The first-order valence-electron chi connectivity index (χ1n) is 9.29. The Balaban J connectivity index is 1.57. The number of H-pyrrole nitrogens is 1. The average Bonchev–Trinajstić information content (AvgIpc) is 3.37. The molecule has 2 heterocycles. The van der Waals surface area contributed by atoms with Crippen molar-refractivity contribution in [1.82, 2.24) is 25.0 Å². The molecule has 10 nitrogen and oxygen atoms in total. The van der Waals surface area contributed by atoms with Crippen molar-refractivity contribution in [2.45, 2.75) is 6.42 Å². The van der Waals surface area contributed by atoms with E-state index in [-0.39, 0.29) is 13.0 Å². The van der Waals surface area contributed by atoms with Crippen LogP contribution in [0.2, 0.25) is 5.02 Å². The van der Waals surface area contributed by atoms with E-state index in [9.17, 15) is 4.79 Å². The van der Waals surface area contributed by atoms with Crippen LogP contribution in [0.15, 0.2) is 36.5 Å². The van der Waals surface area contributed by atoms with E-state index >= 15 is 0 Å². The maximum absolute atomic E-state index is 10.7. The van der Waals surface area contributed by atoms with Gasteiger partial charge in [0.25, 0.3) is 0 Å². The van der Waals surface area contributed by atoms with Crippen LogP contribution in [0.3, 0.4) is 0 Å². The zero-order valence-electron chi connectivity index (χ0n) is 16.7. The van der Waals surface area contributed by atoms with Gasteiger partial charge in [-0.2, -0.15) is 10.1 Å². The normalized spacial score (nSPS) is 10.9. The first-order chi connectivity index (χ1) is 15.0. The third kappa shape index (κ3) is 4.24. The molecule has 2 aromatic carbocycles. The fourth-order valence-corrected chi connectivity index (χ4v) is 3.25. The largest absolute Gasteiger partial charge is 0.493 e. The number of rotatable bonds is 8. The second-order valence-corrected chi connectivity index (χ2v) is 7.00. The second-order valence-electron chi connectivity index (χ2n) is 6.62. The number of hydrogen-bond acceptors (Lipinski definition) is 7. The SMILES string of the molecule is COc1cc(-c2nc(Nc3ccc4[nH]ncc4c3Cl)n(C)n2)ccc1OCCC(=O)O. The van der Waals surface area contributed by atoms with Gasteiger partial charge in [-0.25, -0.2) is 4.68 Å². The van der Waals surface area contributed by atoms with E-state index in [1.165, 1.54) is 7.11 Å². The van der Waals surface area contributed by atoms with Gasteiger partial charge in [0, 0.05) is 18.0 Å². The minimum atomic E-state index is -0.930. The summed E-state index contributed by atoms with van der Waals surface area (Å²) >= 11 is 6.48. The van der Waals surface area contributed by atoms with Crippen LogP contribution >= 0.6 is 11.6 Å². The summed E-state index contributed by atoms with van der Waals surface area (Å²) in [6.07, 6.45) is 1.56. The molecule has 4 rings (SSSR count). The molecule has 3 N–H and O–H groups in total. The highest BCUT2D eigenvalue weighted by molar-refractivity contribution is 6.38. The monoisotopic (exact) mass is 442 g/mol. The molecule has 0 fully saturated rings. The lowest BCUT2D eigenvalue weighted by atomic mass is 10.2. The van der Waals surface area contributed by atoms with Gasteiger partial charge in [-0.1, -0.05) is 11.6 Å². The molecule has 0 unspecified atom stereocenters. The van der Waals surface area contributed by atoms with Crippen LogP contribution in [0, 0.1) is 0 Å². The molecule has 0 aliphatic rings. The highest BCUT2D eigenvalue weighted by Crippen LogP contribution is 2.34. The van der Waals surface area contributed by atoms with Crippen molar-refractivity contribution >= 4 is 40.1 Å². The first-order valence-corrected chi connectivity index (χ1v) is 9.66. The van der Waals surface area contributed by atoms with E-state index < -0.39 is 5.97 Å². The Bertz CT molecular complexity index is 1250. The number of aromatic amines is 1. The summed E-state index contributed by atoms with van der Waals surface area (Å²) in [5.74, 6) is 0.946. The van der Waals surface area contributed by atoms with Crippen LogP contribution in [0.1, 0.15) is 6.42 Å². The number of methoxy groups -OCH3 is 1. The number of carboxylic acid groups (broad SMARTS) is 1. The van der Waals surface area contributed by atoms with E-state index in [4.69, 9.17) is 26.2 Å². The number of anilines is 2. The molecule has 0 atom stereocenters. The summed E-state index contributed by atoms with van der Waals surface area (Å²) in [5.41, 5.74) is 2.23. The fraction of sp³-hybridized carbons (Fsp3) is 0.200. The van der Waals surface area contributed by atoms with Crippen LogP contribution in [-0.2, 0) is 11.8 Å². The Labute approximate surface area is 181 Å². The van der Waals surface area contributed by atoms with E-state index in [0.717, 1.165) is 10.9 Å². The minimum absolute atomic E-state index is 0.0444. The molecule has 11 heteroatoms. The van der Waals surface area contributed by atoms with Gasteiger partial charge in [-0.15, -0.1) is 5.10 Å². The van der Waals surface area contributed by atoms with Crippen LogP contribution < -0.4 is 14.8 Å². The molecular formula is C20H19ClN6O4. The molecule has 31 heavy (non-hydrogen) atoms. The second kappa shape index (κ2) is 8.52. The summed E-state index contributed by atoms with van der Waals surface area (Å²) in [6, 6.07) is 8.93. The van der Waals surface area contributed by atoms with Crippen LogP contribution in [-0.4, -0.2) is 49.8 Å². The van der Waals surface area contributed by atoms with Crippen LogP contribution in [0.5, 0.6) is 11.5 Å². The summed E-state index contributed by atoms with van der Waals surface area (Å²) in [4.78, 5) is 15.2. The average molecular weight is 443 g/mol. The van der Waals surface area contributed by atoms with E-state index in [0.29, 0.717) is 39.5 Å². The number of aryl methyl sites for hydroxylation is 1. The summed E-state index contributed by atoms with van der Waals surface area (Å²) in [7, 11) is 3.28.